The van der Waals surface area contributed by atoms with Gasteiger partial charge in [0.2, 0.25) is 11.7 Å². The highest BCUT2D eigenvalue weighted by Crippen LogP contribution is 2.40. The van der Waals surface area contributed by atoms with Crippen LogP contribution in [0.1, 0.15) is 36.9 Å². The van der Waals surface area contributed by atoms with Crippen LogP contribution < -0.4 is 5.73 Å². The fourth-order valence-corrected chi connectivity index (χ4v) is 3.36. The summed E-state index contributed by atoms with van der Waals surface area (Å²) in [5, 5.41) is 9.58. The van der Waals surface area contributed by atoms with E-state index in [0.29, 0.717) is 10.0 Å². The maximum atomic E-state index is 12.5. The average Bonchev–Trinajstić information content (AvgIpc) is 2.77. The van der Waals surface area contributed by atoms with Crippen molar-refractivity contribution in [2.75, 3.05) is 0 Å². The highest BCUT2D eigenvalue weighted by molar-refractivity contribution is 9.10. The predicted octanol–water partition coefficient (Wildman–Crippen LogP) is 1.79. The van der Waals surface area contributed by atoms with E-state index in [0.717, 1.165) is 0 Å². The smallest absolute Gasteiger partial charge is 0.338 e. The van der Waals surface area contributed by atoms with E-state index in [2.05, 4.69) is 15.9 Å². The van der Waals surface area contributed by atoms with Gasteiger partial charge in [-0.2, -0.15) is 0 Å². The van der Waals surface area contributed by atoms with Crippen LogP contribution in [0.2, 0.25) is 0 Å². The number of nitrogens with two attached hydrogens (primary N) is 1. The molecule has 1 amide bonds. The number of fused-ring (bicyclic) bond motifs is 3. The van der Waals surface area contributed by atoms with Crippen molar-refractivity contribution < 1.29 is 24.3 Å². The Hall–Kier alpha value is -2.74. The number of hydrogen-bond acceptors (Lipinski definition) is 4. The van der Waals surface area contributed by atoms with Crippen LogP contribution >= 0.6 is 15.9 Å². The van der Waals surface area contributed by atoms with Crippen LogP contribution in [0.15, 0.2) is 22.7 Å². The molecule has 7 nitrogen and oxygen atoms in total. The van der Waals surface area contributed by atoms with Crippen molar-refractivity contribution in [3.8, 4) is 11.1 Å². The summed E-state index contributed by atoms with van der Waals surface area (Å²) in [6, 6.07) is 4.65. The summed E-state index contributed by atoms with van der Waals surface area (Å²) in [5.74, 6) is -3.59. The highest BCUT2D eigenvalue weighted by atomic mass is 79.9. The van der Waals surface area contributed by atoms with Gasteiger partial charge in [-0.25, -0.2) is 4.79 Å². The average molecular weight is 391 g/mol. The summed E-state index contributed by atoms with van der Waals surface area (Å²) >= 11 is 3.28. The van der Waals surface area contributed by atoms with Gasteiger partial charge in [-0.1, -0.05) is 15.9 Å². The maximum Gasteiger partial charge on any atom is 0.338 e. The van der Waals surface area contributed by atoms with Crippen molar-refractivity contribution in [3.05, 3.63) is 45.2 Å². The summed E-state index contributed by atoms with van der Waals surface area (Å²) in [4.78, 5) is 48.0. The van der Waals surface area contributed by atoms with Gasteiger partial charge in [0.05, 0.1) is 5.56 Å². The SMILES string of the molecule is Cc1c(C(=O)O)c2c(n1CC(N)=O)C(=O)C(=O)c1ccc(Br)cc1-2. The molecule has 0 radical (unpaired) electrons. The number of carboxylic acid groups (broad SMARTS) is 1. The normalized spacial score (nSPS) is 12.8. The molecule has 1 aliphatic rings. The quantitative estimate of drug-likeness (QED) is 0.774. The van der Waals surface area contributed by atoms with Crippen molar-refractivity contribution in [1.29, 1.82) is 0 Å². The molecule has 0 bridgehead atoms. The van der Waals surface area contributed by atoms with Gasteiger partial charge >= 0.3 is 5.97 Å². The van der Waals surface area contributed by atoms with Crippen LogP contribution in [-0.2, 0) is 11.3 Å². The molecule has 0 unspecified atom stereocenters. The molecule has 8 heteroatoms. The minimum atomic E-state index is -1.25. The van der Waals surface area contributed by atoms with Crippen LogP contribution in [0.4, 0.5) is 0 Å². The van der Waals surface area contributed by atoms with Gasteiger partial charge in [0.15, 0.2) is 0 Å². The van der Waals surface area contributed by atoms with Gasteiger partial charge in [-0.15, -0.1) is 0 Å². The molecule has 0 atom stereocenters. The molecule has 1 aliphatic carbocycles. The number of halogens is 1. The van der Waals surface area contributed by atoms with Gasteiger partial charge in [0.1, 0.15) is 12.2 Å². The summed E-state index contributed by atoms with van der Waals surface area (Å²) < 4.78 is 1.83. The van der Waals surface area contributed by atoms with Crippen LogP contribution in [0.3, 0.4) is 0 Å². The number of aromatic nitrogens is 1. The summed E-state index contributed by atoms with van der Waals surface area (Å²) in [7, 11) is 0. The number of primary amides is 1. The van der Waals surface area contributed by atoms with Crippen molar-refractivity contribution >= 4 is 39.4 Å². The fourth-order valence-electron chi connectivity index (χ4n) is 3.00. The summed E-state index contributed by atoms with van der Waals surface area (Å²) in [6.07, 6.45) is 0. The number of ketones is 2. The fraction of sp³-hybridized carbons (Fsp3) is 0.125. The standard InChI is InChI=1S/C16H11BrN2O5/c1-6-11(16(23)24)12-9-4-7(17)2-3-8(9)14(21)15(22)13(12)19(6)5-10(18)20/h2-4H,5H2,1H3,(H2,18,20)(H,23,24). The van der Waals surface area contributed by atoms with Crippen LogP contribution in [0, 0.1) is 6.92 Å². The lowest BCUT2D eigenvalue weighted by atomic mass is 9.86. The Morgan fingerprint density at radius 3 is 2.46 bits per heavy atom. The molecule has 0 saturated heterocycles. The lowest BCUT2D eigenvalue weighted by molar-refractivity contribution is -0.118. The van der Waals surface area contributed by atoms with Crippen LogP contribution in [0.25, 0.3) is 11.1 Å². The molecule has 0 aliphatic heterocycles. The second-order valence-electron chi connectivity index (χ2n) is 5.39. The zero-order chi connectivity index (χ0) is 17.8. The topological polar surface area (TPSA) is 119 Å². The van der Waals surface area contributed by atoms with E-state index in [1.165, 1.54) is 17.6 Å². The number of hydrogen-bond donors (Lipinski definition) is 2. The molecule has 122 valence electrons. The van der Waals surface area contributed by atoms with E-state index >= 15 is 0 Å². The number of benzene rings is 1. The second kappa shape index (κ2) is 5.41. The molecular weight excluding hydrogens is 380 g/mol. The third-order valence-corrected chi connectivity index (χ3v) is 4.46. The van der Waals surface area contributed by atoms with E-state index in [4.69, 9.17) is 5.73 Å². The lowest BCUT2D eigenvalue weighted by Gasteiger charge is -2.17. The molecule has 1 aromatic heterocycles. The second-order valence-corrected chi connectivity index (χ2v) is 6.31. The zero-order valence-corrected chi connectivity index (χ0v) is 14.0. The number of carbonyl (C=O) groups is 4. The molecule has 1 aromatic carbocycles. The number of Topliss-reactive ketones (excluding diaryl/α,β-unsaturated/α-hetero) is 2. The Morgan fingerprint density at radius 2 is 1.88 bits per heavy atom. The first-order valence-electron chi connectivity index (χ1n) is 6.87. The molecule has 0 fully saturated rings. The van der Waals surface area contributed by atoms with Crippen molar-refractivity contribution in [2.24, 2.45) is 5.73 Å². The number of nitrogens with zero attached hydrogens (tertiary/aromatic N) is 1. The number of carbonyl (C=O) groups excluding carboxylic acids is 3. The number of aromatic carboxylic acids is 1. The lowest BCUT2D eigenvalue weighted by Crippen LogP contribution is -2.27. The monoisotopic (exact) mass is 390 g/mol. The molecule has 0 saturated carbocycles. The van der Waals surface area contributed by atoms with Crippen molar-refractivity contribution in [1.82, 2.24) is 4.57 Å². The Labute approximate surface area is 144 Å². The van der Waals surface area contributed by atoms with Gasteiger partial charge in [-0.05, 0) is 30.7 Å². The molecule has 24 heavy (non-hydrogen) atoms. The Balaban J connectivity index is 2.48. The van der Waals surface area contributed by atoms with Gasteiger partial charge in [0, 0.05) is 21.3 Å². The van der Waals surface area contributed by atoms with E-state index in [9.17, 15) is 24.3 Å². The van der Waals surface area contributed by atoms with Crippen molar-refractivity contribution in [2.45, 2.75) is 13.5 Å². The first-order valence-corrected chi connectivity index (χ1v) is 7.67. The molecule has 3 rings (SSSR count). The summed E-state index contributed by atoms with van der Waals surface area (Å²) in [5.41, 5.74) is 5.78. The van der Waals surface area contributed by atoms with Crippen LogP contribution in [0.5, 0.6) is 0 Å². The largest absolute Gasteiger partial charge is 0.478 e. The Bertz CT molecular complexity index is 958. The number of rotatable bonds is 3. The number of carboxylic acids is 1. The minimum absolute atomic E-state index is 0.112. The highest BCUT2D eigenvalue weighted by Gasteiger charge is 2.39. The predicted molar refractivity (Wildman–Crippen MR) is 87.1 cm³/mol. The van der Waals surface area contributed by atoms with Gasteiger partial charge < -0.3 is 15.4 Å². The molecule has 1 heterocycles. The Morgan fingerprint density at radius 1 is 1.21 bits per heavy atom. The van der Waals surface area contributed by atoms with E-state index in [1.807, 2.05) is 0 Å². The summed E-state index contributed by atoms with van der Waals surface area (Å²) in [6.45, 7) is 1.09. The number of amides is 1. The van der Waals surface area contributed by atoms with Crippen LogP contribution in [-0.4, -0.2) is 33.1 Å². The van der Waals surface area contributed by atoms with E-state index in [-0.39, 0.29) is 34.6 Å². The first kappa shape index (κ1) is 16.1. The van der Waals surface area contributed by atoms with Crippen molar-refractivity contribution in [3.63, 3.8) is 0 Å². The Kier molecular flexibility index (Phi) is 3.64. The molecular formula is C16H11BrN2O5. The van der Waals surface area contributed by atoms with Gasteiger partial charge in [-0.3, -0.25) is 14.4 Å². The molecule has 2 aromatic rings. The molecule has 3 N–H and O–H groups in total. The zero-order valence-electron chi connectivity index (χ0n) is 12.4. The van der Waals surface area contributed by atoms with E-state index < -0.39 is 23.4 Å². The first-order chi connectivity index (χ1) is 11.2. The maximum absolute atomic E-state index is 12.5. The molecule has 0 spiro atoms. The van der Waals surface area contributed by atoms with Gasteiger partial charge in [0.25, 0.3) is 5.78 Å². The minimum Gasteiger partial charge on any atom is -0.478 e. The van der Waals surface area contributed by atoms with E-state index in [1.54, 1.807) is 12.1 Å². The third kappa shape index (κ3) is 2.18. The third-order valence-electron chi connectivity index (χ3n) is 3.97.